The van der Waals surface area contributed by atoms with Crippen LogP contribution in [-0.4, -0.2) is 28.6 Å². The van der Waals surface area contributed by atoms with Crippen molar-refractivity contribution in [2.24, 2.45) is 0 Å². The quantitative estimate of drug-likeness (QED) is 0.299. The third-order valence-corrected chi connectivity index (χ3v) is 5.07. The van der Waals surface area contributed by atoms with Crippen LogP contribution in [0.4, 0.5) is 0 Å². The Bertz CT molecular complexity index is 1230. The number of Topliss-reactive ketones (excluding diaryl/α,β-unsaturated/α-hetero) is 1. The summed E-state index contributed by atoms with van der Waals surface area (Å²) in [5, 5.41) is 4.49. The first-order valence-electron chi connectivity index (χ1n) is 10.2. The minimum atomic E-state index is -0.743. The normalized spacial score (nSPS) is 11.9. The van der Waals surface area contributed by atoms with E-state index in [0.717, 1.165) is 11.1 Å². The number of aromatic nitrogens is 2. The molecule has 0 aliphatic carbocycles. The van der Waals surface area contributed by atoms with E-state index in [2.05, 4.69) is 5.10 Å². The maximum Gasteiger partial charge on any atom is 0.358 e. The number of esters is 1. The zero-order chi connectivity index (χ0) is 22.3. The van der Waals surface area contributed by atoms with Crippen LogP contribution in [0.1, 0.15) is 43.7 Å². The van der Waals surface area contributed by atoms with E-state index in [0.29, 0.717) is 11.3 Å². The lowest BCUT2D eigenvalue weighted by atomic mass is 9.97. The Hall–Kier alpha value is -4.25. The molecule has 0 bridgehead atoms. The van der Waals surface area contributed by atoms with Crippen molar-refractivity contribution in [1.29, 1.82) is 0 Å². The molecular weight excluding hydrogens is 400 g/mol. The van der Waals surface area contributed by atoms with Crippen LogP contribution in [0.5, 0.6) is 0 Å². The number of nitrogens with zero attached hydrogens (tertiary/aromatic N) is 2. The van der Waals surface area contributed by atoms with Gasteiger partial charge in [0.05, 0.1) is 12.8 Å². The van der Waals surface area contributed by atoms with Crippen LogP contribution in [0.2, 0.25) is 0 Å². The molecule has 0 saturated heterocycles. The summed E-state index contributed by atoms with van der Waals surface area (Å²) in [5.74, 6) is -0.678. The van der Waals surface area contributed by atoms with E-state index in [1.54, 1.807) is 22.9 Å². The SMILES string of the molecule is COC(=O)c1cc(/C=C\c2ccccc2)n(C(C(=O)c2ccccc2)c2ccccc2)n1. The molecule has 0 spiro atoms. The standard InChI is InChI=1S/C27H22N2O3/c1-32-27(31)24-19-23(18-17-20-11-5-2-6-12-20)29(28-24)25(21-13-7-3-8-14-21)26(30)22-15-9-4-10-16-22/h2-19,25H,1H3/b18-17-. The molecule has 0 N–H and O–H groups in total. The average molecular weight is 422 g/mol. The molecule has 158 valence electrons. The van der Waals surface area contributed by atoms with E-state index in [1.165, 1.54) is 7.11 Å². The first-order chi connectivity index (χ1) is 15.7. The van der Waals surface area contributed by atoms with Gasteiger partial charge in [-0.1, -0.05) is 97.1 Å². The first kappa shape index (κ1) is 21.0. The van der Waals surface area contributed by atoms with Crippen LogP contribution in [0.15, 0.2) is 97.1 Å². The number of ether oxygens (including phenoxy) is 1. The molecule has 0 amide bonds. The first-order valence-corrected chi connectivity index (χ1v) is 10.2. The van der Waals surface area contributed by atoms with Crippen LogP contribution >= 0.6 is 0 Å². The van der Waals surface area contributed by atoms with Crippen LogP contribution in [0.25, 0.3) is 12.2 Å². The van der Waals surface area contributed by atoms with E-state index >= 15 is 0 Å². The predicted molar refractivity (Wildman–Crippen MR) is 124 cm³/mol. The third-order valence-electron chi connectivity index (χ3n) is 5.07. The van der Waals surface area contributed by atoms with Crippen molar-refractivity contribution in [3.05, 3.63) is 125 Å². The summed E-state index contributed by atoms with van der Waals surface area (Å²) in [5.41, 5.74) is 3.09. The fourth-order valence-electron chi connectivity index (χ4n) is 3.49. The van der Waals surface area contributed by atoms with E-state index < -0.39 is 12.0 Å². The molecule has 4 rings (SSSR count). The average Bonchev–Trinajstić information content (AvgIpc) is 3.28. The third kappa shape index (κ3) is 4.57. The molecule has 0 fully saturated rings. The van der Waals surface area contributed by atoms with Gasteiger partial charge in [-0.2, -0.15) is 5.10 Å². The maximum absolute atomic E-state index is 13.6. The Kier molecular flexibility index (Phi) is 6.37. The van der Waals surface area contributed by atoms with Crippen molar-refractivity contribution in [3.63, 3.8) is 0 Å². The van der Waals surface area contributed by atoms with Gasteiger partial charge in [-0.3, -0.25) is 4.79 Å². The van der Waals surface area contributed by atoms with Crippen molar-refractivity contribution in [2.75, 3.05) is 7.11 Å². The monoisotopic (exact) mass is 422 g/mol. The second-order valence-corrected chi connectivity index (χ2v) is 7.18. The second-order valence-electron chi connectivity index (χ2n) is 7.18. The lowest BCUT2D eigenvalue weighted by molar-refractivity contribution is 0.0591. The van der Waals surface area contributed by atoms with Gasteiger partial charge in [0, 0.05) is 5.56 Å². The lowest BCUT2D eigenvalue weighted by Crippen LogP contribution is -2.23. The summed E-state index contributed by atoms with van der Waals surface area (Å²) in [7, 11) is 1.31. The Morgan fingerprint density at radius 1 is 0.844 bits per heavy atom. The minimum absolute atomic E-state index is 0.120. The van der Waals surface area contributed by atoms with E-state index in [9.17, 15) is 9.59 Å². The molecule has 4 aromatic rings. The molecule has 1 heterocycles. The molecule has 0 saturated carbocycles. The summed E-state index contributed by atoms with van der Waals surface area (Å²) in [6.07, 6.45) is 3.77. The summed E-state index contributed by atoms with van der Waals surface area (Å²) in [6.45, 7) is 0. The summed E-state index contributed by atoms with van der Waals surface area (Å²) in [6, 6.07) is 29.2. The fourth-order valence-corrected chi connectivity index (χ4v) is 3.49. The number of rotatable bonds is 7. The highest BCUT2D eigenvalue weighted by Crippen LogP contribution is 2.26. The smallest absolute Gasteiger partial charge is 0.358 e. The largest absolute Gasteiger partial charge is 0.464 e. The zero-order valence-corrected chi connectivity index (χ0v) is 17.6. The Labute approximate surface area is 186 Å². The van der Waals surface area contributed by atoms with Crippen molar-refractivity contribution >= 4 is 23.9 Å². The van der Waals surface area contributed by atoms with Gasteiger partial charge < -0.3 is 4.74 Å². The summed E-state index contributed by atoms with van der Waals surface area (Å²) < 4.78 is 6.47. The number of carbonyl (C=O) groups excluding carboxylic acids is 2. The molecule has 1 atom stereocenters. The Morgan fingerprint density at radius 3 is 2.06 bits per heavy atom. The van der Waals surface area contributed by atoms with Gasteiger partial charge in [0.15, 0.2) is 11.5 Å². The van der Waals surface area contributed by atoms with Gasteiger partial charge in [0.1, 0.15) is 6.04 Å². The van der Waals surface area contributed by atoms with Crippen molar-refractivity contribution < 1.29 is 14.3 Å². The summed E-state index contributed by atoms with van der Waals surface area (Å²) in [4.78, 5) is 25.9. The molecule has 1 aromatic heterocycles. The highest BCUT2D eigenvalue weighted by Gasteiger charge is 2.28. The maximum atomic E-state index is 13.6. The van der Waals surface area contributed by atoms with E-state index in [4.69, 9.17) is 4.74 Å². The van der Waals surface area contributed by atoms with Crippen LogP contribution in [0, 0.1) is 0 Å². The number of benzene rings is 3. The molecule has 1 unspecified atom stereocenters. The molecular formula is C27H22N2O3. The molecule has 5 nitrogen and oxygen atoms in total. The van der Waals surface area contributed by atoms with E-state index in [-0.39, 0.29) is 11.5 Å². The van der Waals surface area contributed by atoms with Crippen molar-refractivity contribution in [3.8, 4) is 0 Å². The number of ketones is 1. The van der Waals surface area contributed by atoms with Gasteiger partial charge in [0.25, 0.3) is 0 Å². The molecule has 0 radical (unpaired) electrons. The van der Waals surface area contributed by atoms with Crippen LogP contribution < -0.4 is 0 Å². The van der Waals surface area contributed by atoms with Gasteiger partial charge in [-0.15, -0.1) is 0 Å². The second kappa shape index (κ2) is 9.71. The number of hydrogen-bond acceptors (Lipinski definition) is 4. The van der Waals surface area contributed by atoms with Crippen LogP contribution in [-0.2, 0) is 4.74 Å². The number of carbonyl (C=O) groups is 2. The lowest BCUT2D eigenvalue weighted by Gasteiger charge is -2.19. The molecule has 3 aromatic carbocycles. The topological polar surface area (TPSA) is 61.2 Å². The number of hydrogen-bond donors (Lipinski definition) is 0. The van der Waals surface area contributed by atoms with E-state index in [1.807, 2.05) is 91.0 Å². The van der Waals surface area contributed by atoms with Gasteiger partial charge >= 0.3 is 5.97 Å². The summed E-state index contributed by atoms with van der Waals surface area (Å²) >= 11 is 0. The van der Waals surface area contributed by atoms with Gasteiger partial charge in [0.2, 0.25) is 0 Å². The van der Waals surface area contributed by atoms with Gasteiger partial charge in [-0.25, -0.2) is 9.48 Å². The van der Waals surface area contributed by atoms with Crippen molar-refractivity contribution in [2.45, 2.75) is 6.04 Å². The molecule has 0 aliphatic rings. The zero-order valence-electron chi connectivity index (χ0n) is 17.6. The highest BCUT2D eigenvalue weighted by molar-refractivity contribution is 6.01. The van der Waals surface area contributed by atoms with Crippen molar-refractivity contribution in [1.82, 2.24) is 9.78 Å². The molecule has 5 heteroatoms. The minimum Gasteiger partial charge on any atom is -0.464 e. The fraction of sp³-hybridized carbons (Fsp3) is 0.0741. The Morgan fingerprint density at radius 2 is 1.44 bits per heavy atom. The highest BCUT2D eigenvalue weighted by atomic mass is 16.5. The molecule has 0 aliphatic heterocycles. The van der Waals surface area contributed by atoms with Crippen LogP contribution in [0.3, 0.4) is 0 Å². The Balaban J connectivity index is 1.85. The predicted octanol–water partition coefficient (Wildman–Crippen LogP) is 5.31. The number of methoxy groups -OCH3 is 1. The van der Waals surface area contributed by atoms with Gasteiger partial charge in [-0.05, 0) is 23.3 Å². The molecule has 32 heavy (non-hydrogen) atoms.